The van der Waals surface area contributed by atoms with Gasteiger partial charge in [-0.15, -0.1) is 0 Å². The van der Waals surface area contributed by atoms with E-state index in [1.807, 2.05) is 25.1 Å². The average molecular weight is 333 g/mol. The van der Waals surface area contributed by atoms with Gasteiger partial charge in [0.15, 0.2) is 11.5 Å². The zero-order chi connectivity index (χ0) is 17.4. The fourth-order valence-electron chi connectivity index (χ4n) is 2.79. The molecule has 0 saturated heterocycles. The van der Waals surface area contributed by atoms with E-state index < -0.39 is 0 Å². The Balaban J connectivity index is 1.94. The lowest BCUT2D eigenvalue weighted by molar-refractivity contribution is -0.122. The number of hydrogen-bond acceptors (Lipinski definition) is 4. The third-order valence-corrected chi connectivity index (χ3v) is 4.17. The van der Waals surface area contributed by atoms with Crippen molar-refractivity contribution in [2.75, 3.05) is 27.4 Å². The van der Waals surface area contributed by atoms with E-state index in [1.165, 1.54) is 0 Å². The molecule has 5 heteroatoms. The molecule has 5 nitrogen and oxygen atoms in total. The van der Waals surface area contributed by atoms with Crippen molar-refractivity contribution in [3.8, 4) is 11.5 Å². The van der Waals surface area contributed by atoms with E-state index in [4.69, 9.17) is 14.2 Å². The van der Waals surface area contributed by atoms with E-state index in [-0.39, 0.29) is 11.9 Å². The number of hydrogen-bond donors (Lipinski definition) is 1. The standard InChI is InChI=1S/C19H27NO4/c1-14(20-19(21)12-15-6-4-5-7-15)16-8-9-17(18(13-16)23-3)24-11-10-22-2/h4,6,8-9,13-15H,5,7,10-12H2,1-3H3,(H,20,21)/t14-,15-/m0/s1. The summed E-state index contributed by atoms with van der Waals surface area (Å²) >= 11 is 0. The lowest BCUT2D eigenvalue weighted by Crippen LogP contribution is -2.27. The van der Waals surface area contributed by atoms with Crippen LogP contribution in [-0.2, 0) is 9.53 Å². The van der Waals surface area contributed by atoms with Crippen LogP contribution in [0.4, 0.5) is 0 Å². The summed E-state index contributed by atoms with van der Waals surface area (Å²) in [6, 6.07) is 5.64. The average Bonchev–Trinajstić information content (AvgIpc) is 3.07. The molecule has 0 spiro atoms. The fourth-order valence-corrected chi connectivity index (χ4v) is 2.79. The zero-order valence-electron chi connectivity index (χ0n) is 14.7. The first kappa shape index (κ1) is 18.3. The predicted molar refractivity (Wildman–Crippen MR) is 93.4 cm³/mol. The van der Waals surface area contributed by atoms with Crippen molar-refractivity contribution in [2.24, 2.45) is 5.92 Å². The minimum Gasteiger partial charge on any atom is -0.493 e. The molecular formula is C19H27NO4. The summed E-state index contributed by atoms with van der Waals surface area (Å²) in [6.45, 7) is 2.96. The van der Waals surface area contributed by atoms with Crippen LogP contribution in [0.3, 0.4) is 0 Å². The van der Waals surface area contributed by atoms with Crippen LogP contribution in [0.1, 0.15) is 37.8 Å². The lowest BCUT2D eigenvalue weighted by Gasteiger charge is -2.18. The van der Waals surface area contributed by atoms with Gasteiger partial charge >= 0.3 is 0 Å². The monoisotopic (exact) mass is 333 g/mol. The fraction of sp³-hybridized carbons (Fsp3) is 0.526. The third kappa shape index (κ3) is 5.27. The van der Waals surface area contributed by atoms with Gasteiger partial charge in [-0.05, 0) is 43.4 Å². The number of ether oxygens (including phenoxy) is 3. The molecular weight excluding hydrogens is 306 g/mol. The van der Waals surface area contributed by atoms with Crippen LogP contribution in [0.25, 0.3) is 0 Å². The SMILES string of the molecule is COCCOc1ccc([C@H](C)NC(=O)C[C@H]2C=CCC2)cc1OC. The normalized spacial score (nSPS) is 17.5. The molecule has 0 heterocycles. The molecule has 2 rings (SSSR count). The van der Waals surface area contributed by atoms with E-state index in [1.54, 1.807) is 14.2 Å². The Morgan fingerprint density at radius 3 is 2.79 bits per heavy atom. The maximum absolute atomic E-state index is 12.2. The molecule has 0 unspecified atom stereocenters. The van der Waals surface area contributed by atoms with Crippen molar-refractivity contribution in [1.82, 2.24) is 5.32 Å². The van der Waals surface area contributed by atoms with E-state index >= 15 is 0 Å². The molecule has 1 aliphatic rings. The molecule has 0 bridgehead atoms. The summed E-state index contributed by atoms with van der Waals surface area (Å²) in [7, 11) is 3.24. The molecule has 24 heavy (non-hydrogen) atoms. The first-order valence-corrected chi connectivity index (χ1v) is 8.39. The van der Waals surface area contributed by atoms with Gasteiger partial charge in [0.2, 0.25) is 5.91 Å². The Morgan fingerprint density at radius 1 is 1.29 bits per heavy atom. The van der Waals surface area contributed by atoms with Crippen molar-refractivity contribution in [2.45, 2.75) is 32.2 Å². The number of amides is 1. The van der Waals surface area contributed by atoms with Gasteiger partial charge in [0.05, 0.1) is 19.8 Å². The summed E-state index contributed by atoms with van der Waals surface area (Å²) in [6.07, 6.45) is 6.99. The topological polar surface area (TPSA) is 56.8 Å². The Labute approximate surface area is 144 Å². The second-order valence-electron chi connectivity index (χ2n) is 6.01. The number of benzene rings is 1. The summed E-state index contributed by atoms with van der Waals surface area (Å²) < 4.78 is 16.0. The van der Waals surface area contributed by atoms with Crippen LogP contribution in [0, 0.1) is 5.92 Å². The maximum Gasteiger partial charge on any atom is 0.221 e. The van der Waals surface area contributed by atoms with E-state index in [9.17, 15) is 4.79 Å². The quantitative estimate of drug-likeness (QED) is 0.557. The highest BCUT2D eigenvalue weighted by molar-refractivity contribution is 5.77. The first-order chi connectivity index (χ1) is 11.6. The number of carbonyl (C=O) groups excluding carboxylic acids is 1. The Hall–Kier alpha value is -2.01. The second kappa shape index (κ2) is 9.33. The predicted octanol–water partition coefficient (Wildman–Crippen LogP) is 3.25. The minimum absolute atomic E-state index is 0.0789. The highest BCUT2D eigenvalue weighted by atomic mass is 16.5. The minimum atomic E-state index is -0.0789. The molecule has 0 aliphatic heterocycles. The smallest absolute Gasteiger partial charge is 0.221 e. The van der Waals surface area contributed by atoms with Crippen molar-refractivity contribution in [3.63, 3.8) is 0 Å². The molecule has 0 fully saturated rings. The van der Waals surface area contributed by atoms with Crippen molar-refractivity contribution in [3.05, 3.63) is 35.9 Å². The van der Waals surface area contributed by atoms with Crippen molar-refractivity contribution >= 4 is 5.91 Å². The Kier molecular flexibility index (Phi) is 7.12. The molecule has 1 aromatic carbocycles. The number of carbonyl (C=O) groups is 1. The molecule has 0 radical (unpaired) electrons. The second-order valence-corrected chi connectivity index (χ2v) is 6.01. The molecule has 2 atom stereocenters. The highest BCUT2D eigenvalue weighted by Crippen LogP contribution is 2.30. The summed E-state index contributed by atoms with van der Waals surface area (Å²) in [5.41, 5.74) is 0.987. The molecule has 1 aromatic rings. The van der Waals surface area contributed by atoms with Crippen LogP contribution in [0.5, 0.6) is 11.5 Å². The van der Waals surface area contributed by atoms with Crippen LogP contribution < -0.4 is 14.8 Å². The third-order valence-electron chi connectivity index (χ3n) is 4.17. The number of rotatable bonds is 9. The van der Waals surface area contributed by atoms with Gasteiger partial charge in [-0.25, -0.2) is 0 Å². The molecule has 0 aromatic heterocycles. The Bertz CT molecular complexity index is 570. The van der Waals surface area contributed by atoms with Crippen LogP contribution in [-0.4, -0.2) is 33.3 Å². The van der Waals surface area contributed by atoms with Crippen molar-refractivity contribution < 1.29 is 19.0 Å². The number of allylic oxidation sites excluding steroid dienone is 2. The molecule has 1 amide bonds. The van der Waals surface area contributed by atoms with Crippen LogP contribution in [0.15, 0.2) is 30.4 Å². The Morgan fingerprint density at radius 2 is 2.12 bits per heavy atom. The first-order valence-electron chi connectivity index (χ1n) is 8.39. The van der Waals surface area contributed by atoms with Crippen LogP contribution >= 0.6 is 0 Å². The van der Waals surface area contributed by atoms with Crippen molar-refractivity contribution in [1.29, 1.82) is 0 Å². The van der Waals surface area contributed by atoms with Gasteiger partial charge in [0, 0.05) is 13.5 Å². The van der Waals surface area contributed by atoms with Crippen LogP contribution in [0.2, 0.25) is 0 Å². The van der Waals surface area contributed by atoms with Gasteiger partial charge in [-0.3, -0.25) is 4.79 Å². The van der Waals surface area contributed by atoms with E-state index in [0.717, 1.165) is 18.4 Å². The number of nitrogens with one attached hydrogen (secondary N) is 1. The maximum atomic E-state index is 12.2. The lowest BCUT2D eigenvalue weighted by atomic mass is 10.0. The van der Waals surface area contributed by atoms with E-state index in [2.05, 4.69) is 17.5 Å². The van der Waals surface area contributed by atoms with E-state index in [0.29, 0.717) is 37.1 Å². The van der Waals surface area contributed by atoms with Gasteiger partial charge in [0.25, 0.3) is 0 Å². The zero-order valence-corrected chi connectivity index (χ0v) is 14.7. The van der Waals surface area contributed by atoms with Gasteiger partial charge in [-0.2, -0.15) is 0 Å². The summed E-state index contributed by atoms with van der Waals surface area (Å²) in [5.74, 6) is 1.79. The number of methoxy groups -OCH3 is 2. The summed E-state index contributed by atoms with van der Waals surface area (Å²) in [4.78, 5) is 12.2. The molecule has 1 N–H and O–H groups in total. The highest BCUT2D eigenvalue weighted by Gasteiger charge is 2.17. The molecule has 0 saturated carbocycles. The van der Waals surface area contributed by atoms with Gasteiger partial charge in [-0.1, -0.05) is 18.2 Å². The van der Waals surface area contributed by atoms with Gasteiger partial charge in [0.1, 0.15) is 6.61 Å². The molecule has 132 valence electrons. The van der Waals surface area contributed by atoms with Gasteiger partial charge < -0.3 is 19.5 Å². The molecule has 1 aliphatic carbocycles. The summed E-state index contributed by atoms with van der Waals surface area (Å²) in [5, 5.41) is 3.06. The largest absolute Gasteiger partial charge is 0.493 e.